The average Bonchev–Trinajstić information content (AvgIpc) is 1.41. The summed E-state index contributed by atoms with van der Waals surface area (Å²) in [5.74, 6) is 0. The molecule has 0 heterocycles. The van der Waals surface area contributed by atoms with Crippen LogP contribution in [0.1, 0.15) is 0 Å². The van der Waals surface area contributed by atoms with Crippen molar-refractivity contribution in [2.45, 2.75) is 0 Å². The third-order valence-corrected chi connectivity index (χ3v) is 0.488. The lowest BCUT2D eigenvalue weighted by atomic mass is 10.7. The van der Waals surface area contributed by atoms with Crippen LogP contribution < -0.4 is 4.34 Å². The molecule has 1 radical (unpaired) electrons. The summed E-state index contributed by atoms with van der Waals surface area (Å²) in [7, 11) is 0. The first-order valence-corrected chi connectivity index (χ1v) is 2.01. The van der Waals surface area contributed by atoms with Crippen molar-refractivity contribution in [3.63, 3.8) is 0 Å². The molecule has 0 saturated heterocycles. The third kappa shape index (κ3) is 4.18. The predicted octanol–water partition coefficient (Wildman–Crippen LogP) is 1.09. The summed E-state index contributed by atoms with van der Waals surface area (Å²) < 4.78 is 3.55. The van der Waals surface area contributed by atoms with Crippen molar-refractivity contribution in [1.29, 1.82) is 0 Å². The van der Waals surface area contributed by atoms with Crippen LogP contribution in [-0.2, 0) is 0 Å². The Kier molecular flexibility index (Phi) is 4.33. The van der Waals surface area contributed by atoms with Gasteiger partial charge in [-0.15, -0.1) is 6.58 Å². The molecule has 2 heteroatoms. The first-order chi connectivity index (χ1) is 2.41. The molecule has 1 nitrogen and oxygen atoms in total. The minimum Gasteiger partial charge on any atom is -0.162 e. The molecule has 0 rings (SSSR count). The van der Waals surface area contributed by atoms with Crippen molar-refractivity contribution in [1.82, 2.24) is 4.34 Å². The zero-order valence-electron chi connectivity index (χ0n) is 2.82. The number of hydrogen-bond donors (Lipinski definition) is 0. The summed E-state index contributed by atoms with van der Waals surface area (Å²) in [6, 6.07) is 0. The fourth-order valence-electron chi connectivity index (χ4n) is 0.0488. The van der Waals surface area contributed by atoms with Crippen LogP contribution in [0.25, 0.3) is 0 Å². The normalized spacial score (nSPS) is 7.40. The maximum absolute atomic E-state index is 3.55. The Hall–Kier alpha value is 0.180. The molecular weight excluding hydrogens is 130 g/mol. The first kappa shape index (κ1) is 5.18. The molecule has 0 N–H and O–H groups in total. The van der Waals surface area contributed by atoms with Gasteiger partial charge in [0.1, 0.15) is 0 Å². The molecule has 0 aliphatic rings. The van der Waals surface area contributed by atoms with Gasteiger partial charge in [0.2, 0.25) is 0 Å². The highest BCUT2D eigenvalue weighted by molar-refractivity contribution is 9.07. The van der Waals surface area contributed by atoms with E-state index in [1.165, 1.54) is 0 Å². The van der Waals surface area contributed by atoms with Crippen LogP contribution in [0.5, 0.6) is 0 Å². The van der Waals surface area contributed by atoms with Crippen LogP contribution in [0.3, 0.4) is 0 Å². The van der Waals surface area contributed by atoms with Crippen molar-refractivity contribution in [3.8, 4) is 0 Å². The molecule has 5 heavy (non-hydrogen) atoms. The Morgan fingerprint density at radius 1 is 2.00 bits per heavy atom. The molecule has 0 fully saturated rings. The van der Waals surface area contributed by atoms with E-state index in [4.69, 9.17) is 0 Å². The lowest BCUT2D eigenvalue weighted by Gasteiger charge is -1.72. The van der Waals surface area contributed by atoms with Gasteiger partial charge in [-0.2, -0.15) is 4.34 Å². The fourth-order valence-corrected chi connectivity index (χ4v) is 0.254. The lowest BCUT2D eigenvalue weighted by molar-refractivity contribution is 1.14. The molecule has 0 aromatic heterocycles. The summed E-state index contributed by atoms with van der Waals surface area (Å²) in [5.41, 5.74) is 0. The van der Waals surface area contributed by atoms with Gasteiger partial charge in [0.25, 0.3) is 0 Å². The van der Waals surface area contributed by atoms with E-state index >= 15 is 0 Å². The van der Waals surface area contributed by atoms with Crippen molar-refractivity contribution < 1.29 is 0 Å². The topological polar surface area (TPSA) is 14.1 Å². The van der Waals surface area contributed by atoms with E-state index in [-0.39, 0.29) is 0 Å². The highest BCUT2D eigenvalue weighted by Crippen LogP contribution is 1.68. The van der Waals surface area contributed by atoms with Crippen LogP contribution >= 0.6 is 16.1 Å². The Balaban J connectivity index is 2.40. The molecular formula is C3H5BrN. The number of rotatable bonds is 2. The second-order valence-electron chi connectivity index (χ2n) is 0.591. The van der Waals surface area contributed by atoms with Gasteiger partial charge in [0, 0.05) is 22.7 Å². The van der Waals surface area contributed by atoms with Crippen molar-refractivity contribution in [2.75, 3.05) is 6.54 Å². The Morgan fingerprint density at radius 3 is 2.60 bits per heavy atom. The van der Waals surface area contributed by atoms with E-state index in [9.17, 15) is 0 Å². The molecule has 0 aromatic rings. The van der Waals surface area contributed by atoms with Crippen molar-refractivity contribution in [3.05, 3.63) is 12.7 Å². The van der Waals surface area contributed by atoms with E-state index in [1.54, 1.807) is 6.08 Å². The molecule has 0 aliphatic carbocycles. The van der Waals surface area contributed by atoms with Crippen LogP contribution in [0.4, 0.5) is 0 Å². The number of nitrogens with zero attached hydrogens (tertiary/aromatic N) is 1. The molecule has 0 bridgehead atoms. The highest BCUT2D eigenvalue weighted by Gasteiger charge is 1.62. The molecule has 0 spiro atoms. The van der Waals surface area contributed by atoms with Crippen LogP contribution in [-0.4, -0.2) is 6.54 Å². The van der Waals surface area contributed by atoms with Gasteiger partial charge in [0.05, 0.1) is 0 Å². The van der Waals surface area contributed by atoms with Crippen molar-refractivity contribution in [2.24, 2.45) is 0 Å². The van der Waals surface area contributed by atoms with Gasteiger partial charge >= 0.3 is 0 Å². The Labute approximate surface area is 40.4 Å². The SMILES string of the molecule is C=CC[N]Br. The van der Waals surface area contributed by atoms with Crippen LogP contribution in [0.15, 0.2) is 12.7 Å². The summed E-state index contributed by atoms with van der Waals surface area (Å²) in [4.78, 5) is 0. The Morgan fingerprint density at radius 2 is 2.60 bits per heavy atom. The predicted molar refractivity (Wildman–Crippen MR) is 26.1 cm³/mol. The van der Waals surface area contributed by atoms with Crippen LogP contribution in [0.2, 0.25) is 0 Å². The third-order valence-electron chi connectivity index (χ3n) is 0.198. The van der Waals surface area contributed by atoms with Gasteiger partial charge < -0.3 is 0 Å². The lowest BCUT2D eigenvalue weighted by Crippen LogP contribution is -1.82. The maximum Gasteiger partial charge on any atom is 0.0438 e. The minimum atomic E-state index is 0.694. The number of hydrogen-bond acceptors (Lipinski definition) is 0. The van der Waals surface area contributed by atoms with Gasteiger partial charge in [0.15, 0.2) is 0 Å². The van der Waals surface area contributed by atoms with E-state index < -0.39 is 0 Å². The van der Waals surface area contributed by atoms with E-state index in [1.807, 2.05) is 0 Å². The van der Waals surface area contributed by atoms with E-state index in [0.717, 1.165) is 0 Å². The zero-order valence-corrected chi connectivity index (χ0v) is 4.40. The van der Waals surface area contributed by atoms with Crippen molar-refractivity contribution >= 4 is 16.1 Å². The number of halogens is 1. The largest absolute Gasteiger partial charge is 0.162 e. The summed E-state index contributed by atoms with van der Waals surface area (Å²) in [6.45, 7) is 4.12. The van der Waals surface area contributed by atoms with E-state index in [0.29, 0.717) is 6.54 Å². The second-order valence-corrected chi connectivity index (χ2v) is 1.09. The van der Waals surface area contributed by atoms with Gasteiger partial charge in [-0.05, 0) is 0 Å². The highest BCUT2D eigenvalue weighted by atomic mass is 79.9. The molecule has 0 saturated carbocycles. The van der Waals surface area contributed by atoms with E-state index in [2.05, 4.69) is 27.1 Å². The molecule has 0 aliphatic heterocycles. The maximum atomic E-state index is 3.55. The molecule has 29 valence electrons. The molecule has 0 aromatic carbocycles. The van der Waals surface area contributed by atoms with Gasteiger partial charge in [-0.3, -0.25) is 0 Å². The summed E-state index contributed by atoms with van der Waals surface area (Å²) in [5, 5.41) is 0. The first-order valence-electron chi connectivity index (χ1n) is 1.30. The zero-order chi connectivity index (χ0) is 4.12. The van der Waals surface area contributed by atoms with Crippen LogP contribution in [0, 0.1) is 0 Å². The average molecular weight is 135 g/mol. The monoisotopic (exact) mass is 134 g/mol. The smallest absolute Gasteiger partial charge is 0.0438 e. The molecule has 0 amide bonds. The van der Waals surface area contributed by atoms with Gasteiger partial charge in [-0.25, -0.2) is 0 Å². The summed E-state index contributed by atoms with van der Waals surface area (Å²) >= 11 is 2.86. The summed E-state index contributed by atoms with van der Waals surface area (Å²) in [6.07, 6.45) is 1.72. The standard InChI is InChI=1S/C3H5BrN/c1-2-3-5-4/h2H,1,3H2. The minimum absolute atomic E-state index is 0.694. The second kappa shape index (κ2) is 4.18. The molecule has 0 unspecified atom stereocenters. The molecule has 0 atom stereocenters. The van der Waals surface area contributed by atoms with Gasteiger partial charge in [-0.1, -0.05) is 6.08 Å². The fraction of sp³-hybridized carbons (Fsp3) is 0.333. The Bertz CT molecular complexity index is 28.1. The quantitative estimate of drug-likeness (QED) is 0.503.